The number of carboxylic acids is 1. The normalized spacial score (nSPS) is 16.9. The molecule has 2 aliphatic rings. The van der Waals surface area contributed by atoms with E-state index in [1.165, 1.54) is 12.3 Å². The molecule has 11 nitrogen and oxygen atoms in total. The lowest BCUT2D eigenvalue weighted by molar-refractivity contribution is -0.138. The maximum Gasteiger partial charge on any atom is 0.317 e. The number of hydrogen-bond donors (Lipinski definition) is 3. The number of nitrogens with one attached hydrogen (secondary N) is 2. The Bertz CT molecular complexity index is 1490. The predicted octanol–water partition coefficient (Wildman–Crippen LogP) is 4.83. The van der Waals surface area contributed by atoms with E-state index in [4.69, 9.17) is 16.7 Å². The van der Waals surface area contributed by atoms with Gasteiger partial charge >= 0.3 is 5.97 Å². The average molecular weight is 682 g/mol. The van der Waals surface area contributed by atoms with Gasteiger partial charge in [0, 0.05) is 64.8 Å². The first-order chi connectivity index (χ1) is 21.2. The number of nitrogens with zero attached hydrogens (tertiary/aromatic N) is 6. The molecule has 0 bridgehead atoms. The van der Waals surface area contributed by atoms with Gasteiger partial charge in [-0.25, -0.2) is 13.6 Å². The third kappa shape index (κ3) is 9.17. The molecule has 2 aromatic carbocycles. The zero-order valence-electron chi connectivity index (χ0n) is 25.3. The molecule has 3 heterocycles. The number of piperidine rings is 1. The van der Waals surface area contributed by atoms with Crippen LogP contribution in [-0.4, -0.2) is 101 Å². The van der Waals surface area contributed by atoms with Crippen molar-refractivity contribution in [3.05, 3.63) is 59.5 Å². The summed E-state index contributed by atoms with van der Waals surface area (Å²) in [5, 5.41) is 15.6. The van der Waals surface area contributed by atoms with Crippen LogP contribution in [0.15, 0.2) is 48.7 Å². The lowest BCUT2D eigenvalue weighted by Gasteiger charge is -2.39. The summed E-state index contributed by atoms with van der Waals surface area (Å²) >= 11 is 6.38. The average Bonchev–Trinajstić information content (AvgIpc) is 3.00. The molecule has 1 aromatic heterocycles. The minimum Gasteiger partial charge on any atom is -0.480 e. The maximum absolute atomic E-state index is 15.3. The number of halogens is 3. The highest BCUT2D eigenvalue weighted by Crippen LogP contribution is 2.32. The molecule has 3 N–H and O–H groups in total. The van der Waals surface area contributed by atoms with Gasteiger partial charge in [0.15, 0.2) is 5.82 Å². The molecule has 2 fully saturated rings. The van der Waals surface area contributed by atoms with Gasteiger partial charge in [-0.15, -0.1) is 12.4 Å². The third-order valence-corrected chi connectivity index (χ3v) is 9.37. The van der Waals surface area contributed by atoms with Crippen LogP contribution in [0.3, 0.4) is 0 Å². The van der Waals surface area contributed by atoms with Gasteiger partial charge in [0.1, 0.15) is 21.8 Å². The van der Waals surface area contributed by atoms with Gasteiger partial charge in [0.2, 0.25) is 5.95 Å². The number of aromatic nitrogens is 2. The van der Waals surface area contributed by atoms with Crippen LogP contribution in [0.1, 0.15) is 12.8 Å². The van der Waals surface area contributed by atoms with Gasteiger partial charge < -0.3 is 25.5 Å². The Hall–Kier alpha value is -3.23. The van der Waals surface area contributed by atoms with Gasteiger partial charge in [-0.1, -0.05) is 23.7 Å². The van der Waals surface area contributed by atoms with Gasteiger partial charge in [0.25, 0.3) is 0 Å². The third-order valence-electron chi connectivity index (χ3n) is 8.13. The fraction of sp³-hybridized carbons (Fsp3) is 0.433. The predicted molar refractivity (Wildman–Crippen MR) is 182 cm³/mol. The molecule has 244 valence electrons. The standard InChI is InChI=1S/C30H38ClFN8O3S.ClH/c1-37(44(2)43)27-6-4-3-5-25(27)35-29-23(31)18-33-30(36-29)34-22-7-8-26(24(32)17-22)40-11-9-21(10-12-40)19-38-13-15-39(16-14-38)20-28(41)42;/h3-8,17-18,21H,9-16,19-20H2,1-2H3,(H,41,42)(H2,33,34,35,36);1H. The molecule has 1 unspecified atom stereocenters. The van der Waals surface area contributed by atoms with Crippen molar-refractivity contribution in [3.63, 3.8) is 0 Å². The lowest BCUT2D eigenvalue weighted by Crippen LogP contribution is -2.49. The Morgan fingerprint density at radius 2 is 1.78 bits per heavy atom. The van der Waals surface area contributed by atoms with E-state index < -0.39 is 17.0 Å². The van der Waals surface area contributed by atoms with Gasteiger partial charge in [-0.2, -0.15) is 4.98 Å². The second kappa shape index (κ2) is 15.9. The Morgan fingerprint density at radius 1 is 1.09 bits per heavy atom. The topological polar surface area (TPSA) is 117 Å². The number of piperazine rings is 1. The van der Waals surface area contributed by atoms with Crippen molar-refractivity contribution in [1.29, 1.82) is 0 Å². The van der Waals surface area contributed by atoms with Gasteiger partial charge in [-0.05, 0) is 49.1 Å². The minimum atomic E-state index is -1.22. The van der Waals surface area contributed by atoms with E-state index in [0.717, 1.165) is 64.3 Å². The largest absolute Gasteiger partial charge is 0.480 e. The Balaban J connectivity index is 0.00000461. The highest BCUT2D eigenvalue weighted by Gasteiger charge is 2.26. The highest BCUT2D eigenvalue weighted by molar-refractivity contribution is 7.85. The molecule has 0 aliphatic carbocycles. The quantitative estimate of drug-likeness (QED) is 0.260. The van der Waals surface area contributed by atoms with Crippen molar-refractivity contribution >= 4 is 75.5 Å². The lowest BCUT2D eigenvalue weighted by atomic mass is 9.95. The zero-order valence-corrected chi connectivity index (χ0v) is 27.7. The first-order valence-electron chi connectivity index (χ1n) is 14.6. The SMILES string of the molecule is CN(c1ccccc1Nc1nc(Nc2ccc(N3CCC(CN4CCN(CC(=O)O)CC4)CC3)c(F)c2)ncc1Cl)S(C)=O.Cl. The summed E-state index contributed by atoms with van der Waals surface area (Å²) in [6.45, 7) is 6.00. The molecule has 0 spiro atoms. The fourth-order valence-electron chi connectivity index (χ4n) is 5.65. The van der Waals surface area contributed by atoms with Gasteiger partial charge in [-0.3, -0.25) is 14.0 Å². The van der Waals surface area contributed by atoms with E-state index in [0.29, 0.717) is 33.8 Å². The smallest absolute Gasteiger partial charge is 0.317 e. The van der Waals surface area contributed by atoms with Crippen LogP contribution in [0, 0.1) is 11.7 Å². The monoisotopic (exact) mass is 680 g/mol. The van der Waals surface area contributed by atoms with Crippen molar-refractivity contribution in [2.45, 2.75) is 12.8 Å². The molecule has 0 amide bonds. The number of carboxylic acid groups (broad SMARTS) is 1. The highest BCUT2D eigenvalue weighted by atomic mass is 35.5. The number of hydrogen-bond acceptors (Lipinski definition) is 9. The number of aliphatic carboxylic acids is 1. The molecule has 3 aromatic rings. The number of rotatable bonds is 11. The van der Waals surface area contributed by atoms with Crippen LogP contribution < -0.4 is 19.8 Å². The van der Waals surface area contributed by atoms with E-state index in [2.05, 4.69) is 30.4 Å². The van der Waals surface area contributed by atoms with Crippen LogP contribution >= 0.6 is 24.0 Å². The Kier molecular flexibility index (Phi) is 12.2. The van der Waals surface area contributed by atoms with Crippen LogP contribution in [0.5, 0.6) is 0 Å². The van der Waals surface area contributed by atoms with Crippen molar-refractivity contribution in [1.82, 2.24) is 19.8 Å². The van der Waals surface area contributed by atoms with Gasteiger partial charge in [0.05, 0.1) is 29.8 Å². The summed E-state index contributed by atoms with van der Waals surface area (Å²) in [7, 11) is 0.516. The molecule has 5 rings (SSSR count). The molecular weight excluding hydrogens is 642 g/mol. The van der Waals surface area contributed by atoms with Crippen LogP contribution in [0.4, 0.5) is 38.9 Å². The van der Waals surface area contributed by atoms with Crippen molar-refractivity contribution in [2.75, 3.05) is 85.5 Å². The molecular formula is C30H39Cl2FN8O3S. The number of anilines is 6. The second-order valence-electron chi connectivity index (χ2n) is 11.1. The van der Waals surface area contributed by atoms with Crippen molar-refractivity contribution in [3.8, 4) is 0 Å². The maximum atomic E-state index is 15.3. The summed E-state index contributed by atoms with van der Waals surface area (Å²) in [5.41, 5.74) is 2.48. The summed E-state index contributed by atoms with van der Waals surface area (Å²) in [5.74, 6) is 0.0518. The van der Waals surface area contributed by atoms with Crippen LogP contribution in [-0.2, 0) is 15.8 Å². The summed E-state index contributed by atoms with van der Waals surface area (Å²) < 4.78 is 29.0. The summed E-state index contributed by atoms with van der Waals surface area (Å²) in [4.78, 5) is 26.2. The van der Waals surface area contributed by atoms with Crippen LogP contribution in [0.25, 0.3) is 0 Å². The second-order valence-corrected chi connectivity index (χ2v) is 12.9. The van der Waals surface area contributed by atoms with Crippen molar-refractivity contribution in [2.24, 2.45) is 5.92 Å². The first kappa shape index (κ1) is 34.6. The molecule has 45 heavy (non-hydrogen) atoms. The van der Waals surface area contributed by atoms with E-state index in [9.17, 15) is 9.00 Å². The minimum absolute atomic E-state index is 0. The molecule has 2 saturated heterocycles. The van der Waals surface area contributed by atoms with Crippen molar-refractivity contribution < 1.29 is 18.5 Å². The number of benzene rings is 2. The number of carbonyl (C=O) groups is 1. The molecule has 0 radical (unpaired) electrons. The molecule has 1 atom stereocenters. The Morgan fingerprint density at radius 3 is 2.44 bits per heavy atom. The fourth-order valence-corrected chi connectivity index (χ4v) is 6.22. The van der Waals surface area contributed by atoms with E-state index in [1.54, 1.807) is 23.7 Å². The van der Waals surface area contributed by atoms with Crippen LogP contribution in [0.2, 0.25) is 5.02 Å². The van der Waals surface area contributed by atoms with E-state index >= 15 is 4.39 Å². The number of para-hydroxylation sites is 2. The molecule has 2 aliphatic heterocycles. The summed E-state index contributed by atoms with van der Waals surface area (Å²) in [6, 6.07) is 12.4. The summed E-state index contributed by atoms with van der Waals surface area (Å²) in [6.07, 6.45) is 5.03. The van der Waals surface area contributed by atoms with E-state index in [1.807, 2.05) is 35.2 Å². The Labute approximate surface area is 276 Å². The first-order valence-corrected chi connectivity index (χ1v) is 16.5. The van der Waals surface area contributed by atoms with E-state index in [-0.39, 0.29) is 30.7 Å². The molecule has 15 heteroatoms. The molecule has 0 saturated carbocycles. The zero-order chi connectivity index (χ0) is 31.2.